The van der Waals surface area contributed by atoms with Gasteiger partial charge in [0.25, 0.3) is 0 Å². The maximum absolute atomic E-state index is 11.8. The van der Waals surface area contributed by atoms with E-state index in [9.17, 15) is 9.50 Å². The summed E-state index contributed by atoms with van der Waals surface area (Å²) in [5.74, 6) is 0.0360. The quantitative estimate of drug-likeness (QED) is 0.747. The van der Waals surface area contributed by atoms with Crippen molar-refractivity contribution in [1.29, 1.82) is 5.26 Å². The average molecular weight is 193 g/mol. The van der Waals surface area contributed by atoms with Crippen LogP contribution in [0.5, 0.6) is 5.75 Å². The zero-order chi connectivity index (χ0) is 10.4. The fraction of sp³-hybridized carbons (Fsp3) is 0.364. The molecular weight excluding hydrogens is 181 g/mol. The highest BCUT2D eigenvalue weighted by Gasteiger charge is 2.05. The van der Waals surface area contributed by atoms with Gasteiger partial charge in [0.2, 0.25) is 0 Å². The van der Waals surface area contributed by atoms with Crippen LogP contribution in [0, 0.1) is 11.3 Å². The minimum atomic E-state index is -0.335. The minimum Gasteiger partial charge on any atom is -0.506 e. The Hall–Kier alpha value is -1.56. The van der Waals surface area contributed by atoms with E-state index in [2.05, 4.69) is 0 Å². The fourth-order valence-corrected chi connectivity index (χ4v) is 1.29. The Bertz CT molecular complexity index is 344. The number of benzene rings is 1. The maximum Gasteiger partial charge on any atom is 0.136 e. The van der Waals surface area contributed by atoms with E-state index in [1.54, 1.807) is 18.2 Å². The Labute approximate surface area is 82.6 Å². The Balaban J connectivity index is 2.73. The summed E-state index contributed by atoms with van der Waals surface area (Å²) in [6, 6.07) is 6.95. The fourth-order valence-electron chi connectivity index (χ4n) is 1.29. The van der Waals surface area contributed by atoms with Gasteiger partial charge in [-0.1, -0.05) is 12.1 Å². The van der Waals surface area contributed by atoms with Crippen LogP contribution in [0.3, 0.4) is 0 Å². The lowest BCUT2D eigenvalue weighted by atomic mass is 10.0. The number of unbranched alkanes of at least 4 members (excludes halogenated alkanes) is 1. The average Bonchev–Trinajstić information content (AvgIpc) is 2.21. The van der Waals surface area contributed by atoms with Gasteiger partial charge in [-0.15, -0.1) is 0 Å². The van der Waals surface area contributed by atoms with Gasteiger partial charge >= 0.3 is 0 Å². The number of para-hydroxylation sites is 1. The molecule has 0 radical (unpaired) electrons. The van der Waals surface area contributed by atoms with Gasteiger partial charge in [0.15, 0.2) is 0 Å². The van der Waals surface area contributed by atoms with E-state index in [1.165, 1.54) is 0 Å². The molecule has 0 aliphatic heterocycles. The lowest BCUT2D eigenvalue weighted by Crippen LogP contribution is -1.89. The molecule has 0 heterocycles. The van der Waals surface area contributed by atoms with Gasteiger partial charge in [0.05, 0.1) is 12.2 Å². The minimum absolute atomic E-state index is 0.0360. The standard InChI is InChI=1S/C11H12FNO/c12-7-2-1-4-9-5-3-6-10(8-13)11(9)14/h3,5-6,14H,1-2,4,7H2. The molecule has 2 nitrogen and oxygen atoms in total. The summed E-state index contributed by atoms with van der Waals surface area (Å²) in [4.78, 5) is 0. The van der Waals surface area contributed by atoms with Crippen molar-refractivity contribution < 1.29 is 9.50 Å². The molecule has 0 aliphatic carbocycles. The molecule has 74 valence electrons. The molecule has 0 saturated heterocycles. The molecule has 0 spiro atoms. The van der Waals surface area contributed by atoms with E-state index in [-0.39, 0.29) is 18.0 Å². The summed E-state index contributed by atoms with van der Waals surface area (Å²) < 4.78 is 11.8. The molecule has 14 heavy (non-hydrogen) atoms. The first-order valence-electron chi connectivity index (χ1n) is 4.56. The highest BCUT2D eigenvalue weighted by molar-refractivity contribution is 5.47. The number of rotatable bonds is 4. The second-order valence-corrected chi connectivity index (χ2v) is 3.07. The molecule has 1 aromatic carbocycles. The third kappa shape index (κ3) is 2.46. The van der Waals surface area contributed by atoms with E-state index in [0.29, 0.717) is 19.3 Å². The van der Waals surface area contributed by atoms with E-state index in [4.69, 9.17) is 5.26 Å². The molecule has 0 aromatic heterocycles. The molecule has 0 fully saturated rings. The summed E-state index contributed by atoms with van der Waals surface area (Å²) in [5, 5.41) is 18.2. The van der Waals surface area contributed by atoms with Crippen LogP contribution in [0.15, 0.2) is 18.2 Å². The number of aryl methyl sites for hydroxylation is 1. The summed E-state index contributed by atoms with van der Waals surface area (Å²) >= 11 is 0. The van der Waals surface area contributed by atoms with Gasteiger partial charge in [0.1, 0.15) is 11.8 Å². The number of aromatic hydroxyl groups is 1. The van der Waals surface area contributed by atoms with Crippen LogP contribution in [0.25, 0.3) is 0 Å². The molecule has 0 bridgehead atoms. The van der Waals surface area contributed by atoms with Crippen molar-refractivity contribution in [3.63, 3.8) is 0 Å². The highest BCUT2D eigenvalue weighted by Crippen LogP contribution is 2.23. The van der Waals surface area contributed by atoms with Gasteiger partial charge < -0.3 is 5.11 Å². The largest absolute Gasteiger partial charge is 0.506 e. The number of alkyl halides is 1. The van der Waals surface area contributed by atoms with Crippen LogP contribution < -0.4 is 0 Å². The second kappa shape index (κ2) is 5.23. The number of phenolic OH excluding ortho intramolecular Hbond substituents is 1. The van der Waals surface area contributed by atoms with Crippen LogP contribution in [0.4, 0.5) is 4.39 Å². The first kappa shape index (κ1) is 10.5. The normalized spacial score (nSPS) is 9.71. The maximum atomic E-state index is 11.8. The van der Waals surface area contributed by atoms with Gasteiger partial charge in [-0.05, 0) is 30.9 Å². The van der Waals surface area contributed by atoms with Crippen molar-refractivity contribution in [3.8, 4) is 11.8 Å². The predicted octanol–water partition coefficient (Wildman–Crippen LogP) is 2.56. The zero-order valence-electron chi connectivity index (χ0n) is 7.83. The molecule has 0 amide bonds. The first-order valence-corrected chi connectivity index (χ1v) is 4.56. The van der Waals surface area contributed by atoms with E-state index < -0.39 is 0 Å². The van der Waals surface area contributed by atoms with Gasteiger partial charge in [-0.2, -0.15) is 5.26 Å². The lowest BCUT2D eigenvalue weighted by molar-refractivity contribution is 0.450. The van der Waals surface area contributed by atoms with Crippen molar-refractivity contribution in [1.82, 2.24) is 0 Å². The predicted molar refractivity (Wildman–Crippen MR) is 51.7 cm³/mol. The van der Waals surface area contributed by atoms with Crippen molar-refractivity contribution in [2.45, 2.75) is 19.3 Å². The Morgan fingerprint density at radius 2 is 2.14 bits per heavy atom. The molecule has 1 aromatic rings. The van der Waals surface area contributed by atoms with Crippen molar-refractivity contribution >= 4 is 0 Å². The first-order chi connectivity index (χ1) is 6.79. The molecular formula is C11H12FNO. The zero-order valence-corrected chi connectivity index (χ0v) is 7.83. The van der Waals surface area contributed by atoms with Crippen molar-refractivity contribution in [3.05, 3.63) is 29.3 Å². The summed E-state index contributed by atoms with van der Waals surface area (Å²) in [6.07, 6.45) is 1.81. The number of halogens is 1. The van der Waals surface area contributed by atoms with Crippen LogP contribution in [-0.2, 0) is 6.42 Å². The van der Waals surface area contributed by atoms with Gasteiger partial charge in [-0.25, -0.2) is 0 Å². The smallest absolute Gasteiger partial charge is 0.136 e. The number of phenols is 1. The summed E-state index contributed by atoms with van der Waals surface area (Å²) in [5.41, 5.74) is 1.00. The Kier molecular flexibility index (Phi) is 3.93. The SMILES string of the molecule is N#Cc1cccc(CCCCF)c1O. The van der Waals surface area contributed by atoms with Crippen LogP contribution >= 0.6 is 0 Å². The number of nitrogens with zero attached hydrogens (tertiary/aromatic N) is 1. The van der Waals surface area contributed by atoms with E-state index in [1.807, 2.05) is 6.07 Å². The molecule has 0 atom stereocenters. The van der Waals surface area contributed by atoms with Crippen molar-refractivity contribution in [2.24, 2.45) is 0 Å². The lowest BCUT2D eigenvalue weighted by Gasteiger charge is -2.04. The summed E-state index contributed by atoms with van der Waals surface area (Å²) in [6.45, 7) is -0.335. The van der Waals surface area contributed by atoms with Crippen LogP contribution in [0.1, 0.15) is 24.0 Å². The molecule has 0 saturated carbocycles. The van der Waals surface area contributed by atoms with Crippen LogP contribution in [-0.4, -0.2) is 11.8 Å². The Morgan fingerprint density at radius 3 is 2.79 bits per heavy atom. The molecule has 3 heteroatoms. The van der Waals surface area contributed by atoms with E-state index in [0.717, 1.165) is 5.56 Å². The molecule has 0 aliphatic rings. The molecule has 0 unspecified atom stereocenters. The Morgan fingerprint density at radius 1 is 1.36 bits per heavy atom. The summed E-state index contributed by atoms with van der Waals surface area (Å²) in [7, 11) is 0. The van der Waals surface area contributed by atoms with Gasteiger partial charge in [-0.3, -0.25) is 4.39 Å². The van der Waals surface area contributed by atoms with E-state index >= 15 is 0 Å². The van der Waals surface area contributed by atoms with Crippen LogP contribution in [0.2, 0.25) is 0 Å². The second-order valence-electron chi connectivity index (χ2n) is 3.07. The molecule has 1 rings (SSSR count). The third-order valence-electron chi connectivity index (χ3n) is 2.07. The number of hydrogen-bond acceptors (Lipinski definition) is 2. The molecule has 1 N–H and O–H groups in total. The number of nitriles is 1. The monoisotopic (exact) mass is 193 g/mol. The third-order valence-corrected chi connectivity index (χ3v) is 2.07. The topological polar surface area (TPSA) is 44.0 Å². The van der Waals surface area contributed by atoms with Gasteiger partial charge in [0, 0.05) is 0 Å². The van der Waals surface area contributed by atoms with Crippen molar-refractivity contribution in [2.75, 3.05) is 6.67 Å². The highest BCUT2D eigenvalue weighted by atomic mass is 19.1. The number of hydrogen-bond donors (Lipinski definition) is 1.